The maximum atomic E-state index is 11.7. The van der Waals surface area contributed by atoms with Crippen LogP contribution in [0.5, 0.6) is 0 Å². The number of benzene rings is 1. The molecule has 2 aromatic rings. The Labute approximate surface area is 115 Å². The lowest BCUT2D eigenvalue weighted by Crippen LogP contribution is -2.55. The molecule has 0 amide bonds. The smallest absolute Gasteiger partial charge is 0.338 e. The van der Waals surface area contributed by atoms with E-state index < -0.39 is 0 Å². The summed E-state index contributed by atoms with van der Waals surface area (Å²) < 4.78 is 6.00. The number of nitrogens with two attached hydrogens (primary N) is 1. The van der Waals surface area contributed by atoms with Gasteiger partial charge in [-0.3, -0.25) is 0 Å². The second-order valence-electron chi connectivity index (χ2n) is 4.56. The first-order valence-corrected chi connectivity index (χ1v) is 7.07. The third kappa shape index (κ3) is 2.29. The molecule has 3 rings (SSSR count). The summed E-state index contributed by atoms with van der Waals surface area (Å²) in [6, 6.07) is 5.71. The molecule has 1 aromatic heterocycles. The largest absolute Gasteiger partial charge is 0.462 e. The zero-order valence-corrected chi connectivity index (χ0v) is 11.4. The molecule has 2 N–H and O–H groups in total. The van der Waals surface area contributed by atoms with Crippen molar-refractivity contribution in [1.29, 1.82) is 0 Å². The van der Waals surface area contributed by atoms with Crippen molar-refractivity contribution in [2.45, 2.75) is 13.0 Å². The fraction of sp³-hybridized carbons (Fsp3) is 0.385. The van der Waals surface area contributed by atoms with Crippen molar-refractivity contribution >= 4 is 32.7 Å². The zero-order chi connectivity index (χ0) is 13.4. The average Bonchev–Trinajstić information content (AvgIpc) is 2.77. The van der Waals surface area contributed by atoms with E-state index in [-0.39, 0.29) is 12.0 Å². The van der Waals surface area contributed by atoms with Crippen LogP contribution in [0.3, 0.4) is 0 Å². The molecule has 0 saturated carbocycles. The first-order valence-electron chi connectivity index (χ1n) is 6.25. The number of fused-ring (bicyclic) bond motifs is 1. The van der Waals surface area contributed by atoms with Gasteiger partial charge in [-0.25, -0.2) is 9.78 Å². The molecule has 0 aliphatic carbocycles. The molecule has 6 heteroatoms. The zero-order valence-electron chi connectivity index (χ0n) is 10.6. The van der Waals surface area contributed by atoms with Gasteiger partial charge in [0.15, 0.2) is 5.13 Å². The van der Waals surface area contributed by atoms with Crippen molar-refractivity contribution in [1.82, 2.24) is 4.98 Å². The van der Waals surface area contributed by atoms with Crippen LogP contribution in [0.2, 0.25) is 0 Å². The molecule has 0 spiro atoms. The van der Waals surface area contributed by atoms with Crippen LogP contribution >= 0.6 is 11.3 Å². The normalized spacial score (nSPS) is 15.6. The Kier molecular flexibility index (Phi) is 3.12. The summed E-state index contributed by atoms with van der Waals surface area (Å²) in [6.07, 6.45) is 0. The number of anilines is 1. The predicted molar refractivity (Wildman–Crippen MR) is 75.8 cm³/mol. The first kappa shape index (κ1) is 12.4. The Bertz CT molecular complexity index is 619. The molecule has 5 nitrogen and oxygen atoms in total. The second-order valence-corrected chi connectivity index (χ2v) is 5.57. The second kappa shape index (κ2) is 4.79. The van der Waals surface area contributed by atoms with Crippen molar-refractivity contribution < 1.29 is 9.53 Å². The number of esters is 1. The maximum Gasteiger partial charge on any atom is 0.338 e. The van der Waals surface area contributed by atoms with Gasteiger partial charge in [0.2, 0.25) is 0 Å². The van der Waals surface area contributed by atoms with E-state index in [9.17, 15) is 4.79 Å². The van der Waals surface area contributed by atoms with E-state index >= 15 is 0 Å². The molecule has 0 atom stereocenters. The Hall–Kier alpha value is -1.66. The lowest BCUT2D eigenvalue weighted by Gasteiger charge is -2.36. The molecule has 19 heavy (non-hydrogen) atoms. The van der Waals surface area contributed by atoms with Crippen LogP contribution in [0.1, 0.15) is 17.3 Å². The number of carbonyl (C=O) groups excluding carboxylic acids is 1. The van der Waals surface area contributed by atoms with E-state index in [4.69, 9.17) is 10.5 Å². The van der Waals surface area contributed by atoms with E-state index in [0.29, 0.717) is 12.2 Å². The van der Waals surface area contributed by atoms with Gasteiger partial charge in [0, 0.05) is 19.1 Å². The summed E-state index contributed by atoms with van der Waals surface area (Å²) in [7, 11) is 0. The van der Waals surface area contributed by atoms with Crippen molar-refractivity contribution in [2.24, 2.45) is 5.73 Å². The van der Waals surface area contributed by atoms with Crippen LogP contribution < -0.4 is 10.6 Å². The third-order valence-electron chi connectivity index (χ3n) is 3.07. The predicted octanol–water partition coefficient (Wildman–Crippen LogP) is 1.62. The molecule has 1 aliphatic heterocycles. The van der Waals surface area contributed by atoms with Crippen LogP contribution in [0.25, 0.3) is 10.2 Å². The number of hydrogen-bond donors (Lipinski definition) is 1. The van der Waals surface area contributed by atoms with Crippen LogP contribution in [0.15, 0.2) is 18.2 Å². The van der Waals surface area contributed by atoms with Gasteiger partial charge in [-0.05, 0) is 25.1 Å². The van der Waals surface area contributed by atoms with E-state index in [1.807, 2.05) is 12.1 Å². The molecule has 1 aliphatic rings. The Morgan fingerprint density at radius 1 is 1.58 bits per heavy atom. The Balaban J connectivity index is 1.88. The molecule has 1 aromatic carbocycles. The number of hydrogen-bond acceptors (Lipinski definition) is 6. The van der Waals surface area contributed by atoms with Gasteiger partial charge in [-0.1, -0.05) is 11.3 Å². The Morgan fingerprint density at radius 3 is 3.05 bits per heavy atom. The van der Waals surface area contributed by atoms with Crippen LogP contribution in [-0.2, 0) is 4.74 Å². The number of thiazole rings is 1. The van der Waals surface area contributed by atoms with Gasteiger partial charge in [0.05, 0.1) is 22.4 Å². The molecule has 0 radical (unpaired) electrons. The molecule has 0 bridgehead atoms. The fourth-order valence-corrected chi connectivity index (χ4v) is 3.08. The summed E-state index contributed by atoms with van der Waals surface area (Å²) in [4.78, 5) is 18.4. The van der Waals surface area contributed by atoms with E-state index in [1.165, 1.54) is 0 Å². The van der Waals surface area contributed by atoms with Gasteiger partial charge in [0.1, 0.15) is 0 Å². The standard InChI is InChI=1S/C13H15N3O2S/c1-2-18-12(17)8-3-4-10-11(5-8)19-13(15-10)16-6-9(14)7-16/h3-5,9H,2,6-7,14H2,1H3. The van der Waals surface area contributed by atoms with E-state index in [0.717, 1.165) is 28.4 Å². The molecule has 0 unspecified atom stereocenters. The quantitative estimate of drug-likeness (QED) is 0.863. The summed E-state index contributed by atoms with van der Waals surface area (Å²) in [5.74, 6) is -0.287. The monoisotopic (exact) mass is 277 g/mol. The summed E-state index contributed by atoms with van der Waals surface area (Å²) in [6.45, 7) is 3.89. The van der Waals surface area contributed by atoms with Gasteiger partial charge in [-0.2, -0.15) is 0 Å². The first-order chi connectivity index (χ1) is 9.17. The van der Waals surface area contributed by atoms with Crippen molar-refractivity contribution in [2.75, 3.05) is 24.6 Å². The highest BCUT2D eigenvalue weighted by Crippen LogP contribution is 2.31. The molecule has 1 saturated heterocycles. The average molecular weight is 277 g/mol. The minimum atomic E-state index is -0.287. The van der Waals surface area contributed by atoms with Gasteiger partial charge >= 0.3 is 5.97 Å². The molecule has 1 fully saturated rings. The van der Waals surface area contributed by atoms with Crippen LogP contribution in [-0.4, -0.2) is 36.7 Å². The van der Waals surface area contributed by atoms with Gasteiger partial charge < -0.3 is 15.4 Å². The lowest BCUT2D eigenvalue weighted by atomic mass is 10.1. The highest BCUT2D eigenvalue weighted by molar-refractivity contribution is 7.22. The van der Waals surface area contributed by atoms with Gasteiger partial charge in [-0.15, -0.1) is 0 Å². The molecule has 100 valence electrons. The number of aromatic nitrogens is 1. The molecular formula is C13H15N3O2S. The van der Waals surface area contributed by atoms with Crippen molar-refractivity contribution in [3.05, 3.63) is 23.8 Å². The summed E-state index contributed by atoms with van der Waals surface area (Å²) >= 11 is 1.58. The lowest BCUT2D eigenvalue weighted by molar-refractivity contribution is 0.0526. The Morgan fingerprint density at radius 2 is 2.37 bits per heavy atom. The topological polar surface area (TPSA) is 68.5 Å². The fourth-order valence-electron chi connectivity index (χ4n) is 2.06. The minimum absolute atomic E-state index is 0.252. The molecule has 2 heterocycles. The van der Waals surface area contributed by atoms with Gasteiger partial charge in [0.25, 0.3) is 0 Å². The minimum Gasteiger partial charge on any atom is -0.462 e. The van der Waals surface area contributed by atoms with E-state index in [2.05, 4.69) is 9.88 Å². The number of carbonyl (C=O) groups is 1. The molecular weight excluding hydrogens is 262 g/mol. The van der Waals surface area contributed by atoms with Crippen LogP contribution in [0.4, 0.5) is 5.13 Å². The number of rotatable bonds is 3. The van der Waals surface area contributed by atoms with Crippen molar-refractivity contribution in [3.63, 3.8) is 0 Å². The summed E-state index contributed by atoms with van der Waals surface area (Å²) in [5, 5.41) is 0.970. The maximum absolute atomic E-state index is 11.7. The highest BCUT2D eigenvalue weighted by atomic mass is 32.1. The van der Waals surface area contributed by atoms with Crippen molar-refractivity contribution in [3.8, 4) is 0 Å². The summed E-state index contributed by atoms with van der Waals surface area (Å²) in [5.41, 5.74) is 7.26. The highest BCUT2D eigenvalue weighted by Gasteiger charge is 2.25. The third-order valence-corrected chi connectivity index (χ3v) is 4.15. The number of nitrogens with zero attached hydrogens (tertiary/aromatic N) is 2. The van der Waals surface area contributed by atoms with Crippen LogP contribution in [0, 0.1) is 0 Å². The number of ether oxygens (including phenoxy) is 1. The SMILES string of the molecule is CCOC(=O)c1ccc2nc(N3CC(N)C3)sc2c1. The van der Waals surface area contributed by atoms with E-state index in [1.54, 1.807) is 24.3 Å².